The molecule has 0 bridgehead atoms. The molecule has 22 heavy (non-hydrogen) atoms. The summed E-state index contributed by atoms with van der Waals surface area (Å²) >= 11 is 0. The van der Waals surface area contributed by atoms with Crippen molar-refractivity contribution in [2.75, 3.05) is 30.9 Å². The van der Waals surface area contributed by atoms with Crippen LogP contribution in [0.15, 0.2) is 48.5 Å². The van der Waals surface area contributed by atoms with Crippen LogP contribution in [0.2, 0.25) is 0 Å². The van der Waals surface area contributed by atoms with E-state index in [0.29, 0.717) is 18.0 Å². The fourth-order valence-corrected chi connectivity index (χ4v) is 2.00. The number of amides is 1. The highest BCUT2D eigenvalue weighted by Crippen LogP contribution is 2.22. The summed E-state index contributed by atoms with van der Waals surface area (Å²) in [6, 6.07) is 14.8. The minimum Gasteiger partial charge on any atom is -0.495 e. The average molecular weight is 300 g/mol. The molecule has 116 valence electrons. The third-order valence-electron chi connectivity index (χ3n) is 2.98. The van der Waals surface area contributed by atoms with E-state index in [0.717, 1.165) is 11.4 Å². The number of ether oxygens (including phenoxy) is 2. The first-order chi connectivity index (χ1) is 10.7. The number of nitrogens with one attached hydrogen (secondary N) is 2. The molecule has 1 amide bonds. The van der Waals surface area contributed by atoms with Gasteiger partial charge < -0.3 is 20.1 Å². The highest BCUT2D eigenvalue weighted by atomic mass is 16.5. The van der Waals surface area contributed by atoms with E-state index in [4.69, 9.17) is 9.47 Å². The molecular weight excluding hydrogens is 280 g/mol. The molecule has 0 fully saturated rings. The number of rotatable bonds is 7. The predicted molar refractivity (Wildman–Crippen MR) is 87.7 cm³/mol. The van der Waals surface area contributed by atoms with Gasteiger partial charge in [0.05, 0.1) is 25.9 Å². The van der Waals surface area contributed by atoms with Gasteiger partial charge in [0.1, 0.15) is 11.5 Å². The molecule has 5 nitrogen and oxygen atoms in total. The Hall–Kier alpha value is -2.69. The van der Waals surface area contributed by atoms with E-state index in [1.54, 1.807) is 13.2 Å². The Labute approximate surface area is 130 Å². The fraction of sp³-hybridized carbons (Fsp3) is 0.235. The van der Waals surface area contributed by atoms with Gasteiger partial charge in [0.2, 0.25) is 5.91 Å². The summed E-state index contributed by atoms with van der Waals surface area (Å²) in [6.07, 6.45) is 0. The predicted octanol–water partition coefficient (Wildman–Crippen LogP) is 3.14. The molecule has 0 aliphatic carbocycles. The molecule has 0 aliphatic heterocycles. The van der Waals surface area contributed by atoms with Gasteiger partial charge in [0.25, 0.3) is 0 Å². The van der Waals surface area contributed by atoms with Crippen LogP contribution in [0.3, 0.4) is 0 Å². The van der Waals surface area contributed by atoms with E-state index in [9.17, 15) is 4.79 Å². The monoisotopic (exact) mass is 300 g/mol. The van der Waals surface area contributed by atoms with Crippen molar-refractivity contribution in [3.63, 3.8) is 0 Å². The topological polar surface area (TPSA) is 59.6 Å². The zero-order valence-corrected chi connectivity index (χ0v) is 12.8. The molecule has 0 heterocycles. The van der Waals surface area contributed by atoms with Gasteiger partial charge in [0, 0.05) is 11.8 Å². The van der Waals surface area contributed by atoms with Crippen LogP contribution in [0.5, 0.6) is 11.5 Å². The third-order valence-corrected chi connectivity index (χ3v) is 2.98. The molecule has 0 unspecified atom stereocenters. The van der Waals surface area contributed by atoms with Crippen molar-refractivity contribution in [2.45, 2.75) is 6.92 Å². The summed E-state index contributed by atoms with van der Waals surface area (Å²) in [4.78, 5) is 12.0. The first kappa shape index (κ1) is 15.7. The summed E-state index contributed by atoms with van der Waals surface area (Å²) in [5, 5.41) is 5.88. The number of methoxy groups -OCH3 is 1. The number of benzene rings is 2. The number of anilines is 2. The van der Waals surface area contributed by atoms with Gasteiger partial charge in [-0.15, -0.1) is 0 Å². The van der Waals surface area contributed by atoms with Gasteiger partial charge >= 0.3 is 0 Å². The molecular formula is C17H20N2O3. The van der Waals surface area contributed by atoms with Crippen molar-refractivity contribution < 1.29 is 14.3 Å². The first-order valence-corrected chi connectivity index (χ1v) is 7.12. The maximum atomic E-state index is 12.0. The summed E-state index contributed by atoms with van der Waals surface area (Å²) < 4.78 is 10.6. The lowest BCUT2D eigenvalue weighted by Crippen LogP contribution is -2.21. The summed E-state index contributed by atoms with van der Waals surface area (Å²) in [7, 11) is 1.60. The van der Waals surface area contributed by atoms with Gasteiger partial charge in [0.15, 0.2) is 0 Å². The molecule has 2 N–H and O–H groups in total. The Morgan fingerprint density at radius 2 is 1.95 bits per heavy atom. The van der Waals surface area contributed by atoms with Crippen LogP contribution in [0.4, 0.5) is 11.4 Å². The van der Waals surface area contributed by atoms with Gasteiger partial charge in [-0.2, -0.15) is 0 Å². The SMILES string of the molecule is CCOc1cccc(NC(=O)CNc2ccccc2OC)c1. The second-order valence-electron chi connectivity index (χ2n) is 4.56. The second-order valence-corrected chi connectivity index (χ2v) is 4.56. The van der Waals surface area contributed by atoms with E-state index in [1.807, 2.05) is 49.4 Å². The van der Waals surface area contributed by atoms with Crippen LogP contribution >= 0.6 is 0 Å². The average Bonchev–Trinajstić information content (AvgIpc) is 2.54. The Balaban J connectivity index is 1.91. The maximum absolute atomic E-state index is 12.0. The van der Waals surface area contributed by atoms with Gasteiger partial charge in [-0.3, -0.25) is 4.79 Å². The van der Waals surface area contributed by atoms with E-state index < -0.39 is 0 Å². The second kappa shape index (κ2) is 7.93. The van der Waals surface area contributed by atoms with Crippen molar-refractivity contribution >= 4 is 17.3 Å². The number of carbonyl (C=O) groups is 1. The molecule has 0 aromatic heterocycles. The van der Waals surface area contributed by atoms with Crippen molar-refractivity contribution in [3.05, 3.63) is 48.5 Å². The number of hydrogen-bond donors (Lipinski definition) is 2. The number of hydrogen-bond acceptors (Lipinski definition) is 4. The lowest BCUT2D eigenvalue weighted by Gasteiger charge is -2.11. The molecule has 0 saturated heterocycles. The zero-order chi connectivity index (χ0) is 15.8. The van der Waals surface area contributed by atoms with Gasteiger partial charge in [-0.05, 0) is 31.2 Å². The molecule has 0 atom stereocenters. The van der Waals surface area contributed by atoms with E-state index in [1.165, 1.54) is 0 Å². The largest absolute Gasteiger partial charge is 0.495 e. The molecule has 0 spiro atoms. The summed E-state index contributed by atoms with van der Waals surface area (Å²) in [5.41, 5.74) is 1.49. The molecule has 2 aromatic rings. The van der Waals surface area contributed by atoms with Crippen molar-refractivity contribution in [2.24, 2.45) is 0 Å². The van der Waals surface area contributed by atoms with Crippen LogP contribution in [-0.2, 0) is 4.79 Å². The van der Waals surface area contributed by atoms with Crippen molar-refractivity contribution in [1.82, 2.24) is 0 Å². The van der Waals surface area contributed by atoms with Crippen molar-refractivity contribution in [1.29, 1.82) is 0 Å². The lowest BCUT2D eigenvalue weighted by molar-refractivity contribution is -0.114. The van der Waals surface area contributed by atoms with Crippen LogP contribution in [0, 0.1) is 0 Å². The van der Waals surface area contributed by atoms with Crippen LogP contribution < -0.4 is 20.1 Å². The maximum Gasteiger partial charge on any atom is 0.243 e. The number of carbonyl (C=O) groups excluding carboxylic acids is 1. The smallest absolute Gasteiger partial charge is 0.243 e. The lowest BCUT2D eigenvalue weighted by atomic mass is 10.3. The molecule has 5 heteroatoms. The first-order valence-electron chi connectivity index (χ1n) is 7.12. The Morgan fingerprint density at radius 1 is 1.14 bits per heavy atom. The van der Waals surface area contributed by atoms with E-state index in [-0.39, 0.29) is 12.5 Å². The molecule has 2 aromatic carbocycles. The summed E-state index contributed by atoms with van der Waals surface area (Å²) in [6.45, 7) is 2.66. The summed E-state index contributed by atoms with van der Waals surface area (Å²) in [5.74, 6) is 1.30. The van der Waals surface area contributed by atoms with Crippen LogP contribution in [-0.4, -0.2) is 26.2 Å². The van der Waals surface area contributed by atoms with E-state index in [2.05, 4.69) is 10.6 Å². The van der Waals surface area contributed by atoms with Crippen molar-refractivity contribution in [3.8, 4) is 11.5 Å². The Bertz CT molecular complexity index is 629. The zero-order valence-electron chi connectivity index (χ0n) is 12.8. The standard InChI is InChI=1S/C17H20N2O3/c1-3-22-14-8-6-7-13(11-14)19-17(20)12-18-15-9-4-5-10-16(15)21-2/h4-11,18H,3,12H2,1-2H3,(H,19,20). The molecule has 2 rings (SSSR count). The highest BCUT2D eigenvalue weighted by molar-refractivity contribution is 5.94. The molecule has 0 aliphatic rings. The van der Waals surface area contributed by atoms with Gasteiger partial charge in [-0.25, -0.2) is 0 Å². The van der Waals surface area contributed by atoms with Crippen LogP contribution in [0.25, 0.3) is 0 Å². The van der Waals surface area contributed by atoms with Gasteiger partial charge in [-0.1, -0.05) is 18.2 Å². The van der Waals surface area contributed by atoms with E-state index >= 15 is 0 Å². The molecule has 0 radical (unpaired) electrons. The molecule has 0 saturated carbocycles. The normalized spacial score (nSPS) is 9.91. The Kier molecular flexibility index (Phi) is 5.65. The minimum atomic E-state index is -0.139. The Morgan fingerprint density at radius 3 is 2.73 bits per heavy atom. The quantitative estimate of drug-likeness (QED) is 0.824. The highest BCUT2D eigenvalue weighted by Gasteiger charge is 2.06. The minimum absolute atomic E-state index is 0.139. The third kappa shape index (κ3) is 4.41. The fourth-order valence-electron chi connectivity index (χ4n) is 2.00. The number of para-hydroxylation sites is 2. The van der Waals surface area contributed by atoms with Crippen LogP contribution in [0.1, 0.15) is 6.92 Å².